The van der Waals surface area contributed by atoms with Gasteiger partial charge in [0.15, 0.2) is 11.2 Å². The first-order valence-corrected chi connectivity index (χ1v) is 9.62. The van der Waals surface area contributed by atoms with Crippen LogP contribution in [0.1, 0.15) is 36.1 Å². The molecule has 2 N–H and O–H groups in total. The number of nitrogens with one attached hydrogen (secondary N) is 2. The van der Waals surface area contributed by atoms with E-state index in [9.17, 15) is 4.79 Å². The fourth-order valence-electron chi connectivity index (χ4n) is 2.79. The summed E-state index contributed by atoms with van der Waals surface area (Å²) in [4.78, 5) is 17.9. The van der Waals surface area contributed by atoms with Gasteiger partial charge in [-0.2, -0.15) is 0 Å². The summed E-state index contributed by atoms with van der Waals surface area (Å²) in [5.41, 5.74) is 0.915. The first-order valence-electron chi connectivity index (χ1n) is 8.43. The molecule has 1 aliphatic heterocycles. The molecule has 0 saturated carbocycles. The number of carbonyl (C=O) groups excluding carboxylic acids is 1. The van der Waals surface area contributed by atoms with Crippen LogP contribution in [-0.4, -0.2) is 30.1 Å². The van der Waals surface area contributed by atoms with Crippen LogP contribution < -0.4 is 15.4 Å². The molecule has 1 amide bonds. The molecule has 2 aromatic rings. The third-order valence-electron chi connectivity index (χ3n) is 4.31. The number of aromatic nitrogens is 1. The van der Waals surface area contributed by atoms with Gasteiger partial charge in [0.25, 0.3) is 5.91 Å². The second kappa shape index (κ2) is 8.17. The molecule has 1 aliphatic rings. The number of rotatable bonds is 5. The lowest BCUT2D eigenvalue weighted by Gasteiger charge is -2.20. The molecule has 1 atom stereocenters. The molecule has 0 spiro atoms. The molecule has 1 fully saturated rings. The zero-order valence-electron chi connectivity index (χ0n) is 14.3. The summed E-state index contributed by atoms with van der Waals surface area (Å²) in [5, 5.41) is 7.51. The van der Waals surface area contributed by atoms with Crippen LogP contribution in [0.3, 0.4) is 0 Å². The minimum Gasteiger partial charge on any atom is -0.481 e. The van der Waals surface area contributed by atoms with Crippen LogP contribution in [0.5, 0.6) is 5.75 Å². The van der Waals surface area contributed by atoms with Gasteiger partial charge in [0.2, 0.25) is 0 Å². The summed E-state index contributed by atoms with van der Waals surface area (Å²) in [6.45, 7) is 5.70. The van der Waals surface area contributed by atoms with E-state index in [0.29, 0.717) is 21.8 Å². The maximum atomic E-state index is 12.3. The van der Waals surface area contributed by atoms with Crippen molar-refractivity contribution in [2.24, 2.45) is 0 Å². The number of thiazole rings is 1. The van der Waals surface area contributed by atoms with Crippen molar-refractivity contribution in [3.63, 3.8) is 0 Å². The smallest absolute Gasteiger partial charge is 0.266 e. The van der Waals surface area contributed by atoms with Gasteiger partial charge in [0, 0.05) is 16.1 Å². The molecule has 5 nitrogen and oxygen atoms in total. The Hall–Kier alpha value is -1.63. The lowest BCUT2D eigenvalue weighted by molar-refractivity contribution is -0.122. The van der Waals surface area contributed by atoms with Crippen molar-refractivity contribution in [1.82, 2.24) is 10.3 Å². The first-order chi connectivity index (χ1) is 12.0. The van der Waals surface area contributed by atoms with Crippen molar-refractivity contribution in [2.75, 3.05) is 18.4 Å². The molecule has 7 heteroatoms. The molecular formula is C18H22ClN3O2S. The molecule has 3 rings (SSSR count). The van der Waals surface area contributed by atoms with E-state index in [1.54, 1.807) is 30.4 Å². The van der Waals surface area contributed by atoms with Gasteiger partial charge in [-0.15, -0.1) is 11.3 Å². The predicted molar refractivity (Wildman–Crippen MR) is 102 cm³/mol. The Bertz CT molecular complexity index is 744. The lowest BCUT2D eigenvalue weighted by atomic mass is 9.97. The molecule has 2 heterocycles. The highest BCUT2D eigenvalue weighted by atomic mass is 35.5. The average Bonchev–Trinajstić information content (AvgIpc) is 3.07. The second-order valence-electron chi connectivity index (χ2n) is 6.25. The van der Waals surface area contributed by atoms with E-state index in [-0.39, 0.29) is 5.91 Å². The number of hydrogen-bond acceptors (Lipinski definition) is 5. The maximum absolute atomic E-state index is 12.3. The van der Waals surface area contributed by atoms with Crippen LogP contribution in [0, 0.1) is 6.92 Å². The van der Waals surface area contributed by atoms with Crippen LogP contribution >= 0.6 is 22.9 Å². The van der Waals surface area contributed by atoms with Crippen LogP contribution in [0.25, 0.3) is 0 Å². The fourth-order valence-corrected chi connectivity index (χ4v) is 3.90. The standard InChI is InChI=1S/C18H22ClN3O2S/c1-11-9-14(3-4-15(11)19)24-12(2)17(23)22-18-21-10-16(25-18)13-5-7-20-8-6-13/h3-4,9-10,12-13,20H,5-8H2,1-2H3,(H,21,22,23). The lowest BCUT2D eigenvalue weighted by Crippen LogP contribution is -2.30. The van der Waals surface area contributed by atoms with E-state index >= 15 is 0 Å². The summed E-state index contributed by atoms with van der Waals surface area (Å²) >= 11 is 7.56. The highest BCUT2D eigenvalue weighted by molar-refractivity contribution is 7.15. The molecule has 1 saturated heterocycles. The number of piperidine rings is 1. The zero-order chi connectivity index (χ0) is 17.8. The van der Waals surface area contributed by atoms with Crippen LogP contribution in [-0.2, 0) is 4.79 Å². The average molecular weight is 380 g/mol. The van der Waals surface area contributed by atoms with Crippen molar-refractivity contribution in [3.05, 3.63) is 39.9 Å². The number of benzene rings is 1. The van der Waals surface area contributed by atoms with Gasteiger partial charge in [0.05, 0.1) is 0 Å². The Kier molecular flexibility index (Phi) is 5.93. The van der Waals surface area contributed by atoms with Gasteiger partial charge in [0.1, 0.15) is 5.75 Å². The summed E-state index contributed by atoms with van der Waals surface area (Å²) in [6.07, 6.45) is 3.49. The topological polar surface area (TPSA) is 63.2 Å². The molecule has 0 aliphatic carbocycles. The zero-order valence-corrected chi connectivity index (χ0v) is 15.9. The molecule has 0 radical (unpaired) electrons. The van der Waals surface area contributed by atoms with Gasteiger partial charge >= 0.3 is 0 Å². The summed E-state index contributed by atoms with van der Waals surface area (Å²) in [5.74, 6) is 0.952. The Morgan fingerprint density at radius 1 is 1.44 bits per heavy atom. The normalized spacial score (nSPS) is 16.4. The Morgan fingerprint density at radius 3 is 2.92 bits per heavy atom. The van der Waals surface area contributed by atoms with E-state index in [2.05, 4.69) is 15.6 Å². The molecule has 1 unspecified atom stereocenters. The third kappa shape index (κ3) is 4.71. The number of nitrogens with zero attached hydrogens (tertiary/aromatic N) is 1. The van der Waals surface area contributed by atoms with Gasteiger partial charge in [-0.05, 0) is 69.5 Å². The third-order valence-corrected chi connectivity index (χ3v) is 5.81. The van der Waals surface area contributed by atoms with Crippen molar-refractivity contribution >= 4 is 34.0 Å². The number of ether oxygens (including phenoxy) is 1. The van der Waals surface area contributed by atoms with E-state index in [0.717, 1.165) is 31.5 Å². The number of carbonyl (C=O) groups is 1. The maximum Gasteiger partial charge on any atom is 0.266 e. The van der Waals surface area contributed by atoms with Gasteiger partial charge in [-0.3, -0.25) is 10.1 Å². The Morgan fingerprint density at radius 2 is 2.20 bits per heavy atom. The van der Waals surface area contributed by atoms with Crippen molar-refractivity contribution in [2.45, 2.75) is 38.7 Å². The van der Waals surface area contributed by atoms with Gasteiger partial charge in [-0.25, -0.2) is 4.98 Å². The Balaban J connectivity index is 1.57. The highest BCUT2D eigenvalue weighted by Gasteiger charge is 2.20. The second-order valence-corrected chi connectivity index (χ2v) is 7.72. The Labute approximate surface area is 156 Å². The minimum atomic E-state index is -0.619. The molecule has 1 aromatic carbocycles. The number of amides is 1. The summed E-state index contributed by atoms with van der Waals surface area (Å²) in [6, 6.07) is 5.35. The SMILES string of the molecule is Cc1cc(OC(C)C(=O)Nc2ncc(C3CCNCC3)s2)ccc1Cl. The quantitative estimate of drug-likeness (QED) is 0.824. The number of aryl methyl sites for hydroxylation is 1. The van der Waals surface area contributed by atoms with E-state index in [1.165, 1.54) is 4.88 Å². The van der Waals surface area contributed by atoms with Crippen molar-refractivity contribution in [1.29, 1.82) is 0 Å². The fraction of sp³-hybridized carbons (Fsp3) is 0.444. The van der Waals surface area contributed by atoms with Crippen LogP contribution in [0.2, 0.25) is 5.02 Å². The summed E-state index contributed by atoms with van der Waals surface area (Å²) < 4.78 is 5.71. The number of anilines is 1. The van der Waals surface area contributed by atoms with E-state index in [1.807, 2.05) is 19.2 Å². The number of halogens is 1. The van der Waals surface area contributed by atoms with Gasteiger partial charge in [-0.1, -0.05) is 11.6 Å². The first kappa shape index (κ1) is 18.2. The largest absolute Gasteiger partial charge is 0.481 e. The summed E-state index contributed by atoms with van der Waals surface area (Å²) in [7, 11) is 0. The van der Waals surface area contributed by atoms with Crippen LogP contribution in [0.15, 0.2) is 24.4 Å². The molecule has 25 heavy (non-hydrogen) atoms. The monoisotopic (exact) mass is 379 g/mol. The predicted octanol–water partition coefficient (Wildman–Crippen LogP) is 3.98. The van der Waals surface area contributed by atoms with E-state index in [4.69, 9.17) is 16.3 Å². The highest BCUT2D eigenvalue weighted by Crippen LogP contribution is 2.31. The van der Waals surface area contributed by atoms with Gasteiger partial charge < -0.3 is 10.1 Å². The van der Waals surface area contributed by atoms with E-state index < -0.39 is 6.10 Å². The molecular weight excluding hydrogens is 358 g/mol. The van der Waals surface area contributed by atoms with Crippen molar-refractivity contribution < 1.29 is 9.53 Å². The minimum absolute atomic E-state index is 0.209. The molecule has 134 valence electrons. The van der Waals surface area contributed by atoms with Crippen LogP contribution in [0.4, 0.5) is 5.13 Å². The molecule has 0 bridgehead atoms. The number of hydrogen-bond donors (Lipinski definition) is 2. The van der Waals surface area contributed by atoms with Crippen molar-refractivity contribution in [3.8, 4) is 5.75 Å². The molecule has 1 aromatic heterocycles.